The summed E-state index contributed by atoms with van der Waals surface area (Å²) in [5.41, 5.74) is -0.358. The van der Waals surface area contributed by atoms with Gasteiger partial charge in [-0.05, 0) is 24.3 Å². The lowest BCUT2D eigenvalue weighted by molar-refractivity contribution is 0.101. The number of benzene rings is 1. The van der Waals surface area contributed by atoms with Gasteiger partial charge in [0, 0.05) is 6.20 Å². The number of rotatable bonds is 2. The summed E-state index contributed by atoms with van der Waals surface area (Å²) in [6.07, 6.45) is 1.24. The van der Waals surface area contributed by atoms with Gasteiger partial charge in [0.1, 0.15) is 29.1 Å². The third-order valence-corrected chi connectivity index (χ3v) is 2.32. The minimum Gasteiger partial charge on any atom is -0.306 e. The SMILES string of the molecule is N#Cc1ccc(NC(=O)c2c(F)cccc2F)nc1. The molecule has 0 saturated heterocycles. The molecule has 1 amide bonds. The number of carbonyl (C=O) groups excluding carboxylic acids is 1. The van der Waals surface area contributed by atoms with E-state index in [-0.39, 0.29) is 5.82 Å². The first-order valence-corrected chi connectivity index (χ1v) is 5.23. The Hall–Kier alpha value is -2.81. The van der Waals surface area contributed by atoms with Crippen LogP contribution in [0.2, 0.25) is 0 Å². The molecule has 1 heterocycles. The van der Waals surface area contributed by atoms with Crippen molar-refractivity contribution in [1.82, 2.24) is 4.98 Å². The van der Waals surface area contributed by atoms with Crippen molar-refractivity contribution in [3.8, 4) is 6.07 Å². The van der Waals surface area contributed by atoms with Gasteiger partial charge in [0.25, 0.3) is 5.91 Å². The molecule has 0 aliphatic rings. The van der Waals surface area contributed by atoms with Gasteiger partial charge in [-0.15, -0.1) is 0 Å². The van der Waals surface area contributed by atoms with Crippen LogP contribution in [0.4, 0.5) is 14.6 Å². The maximum absolute atomic E-state index is 13.4. The zero-order valence-electron chi connectivity index (χ0n) is 9.52. The van der Waals surface area contributed by atoms with E-state index < -0.39 is 23.1 Å². The first kappa shape index (κ1) is 12.6. The summed E-state index contributed by atoms with van der Waals surface area (Å²) in [5.74, 6) is -2.74. The van der Waals surface area contributed by atoms with Crippen LogP contribution in [0.3, 0.4) is 0 Å². The van der Waals surface area contributed by atoms with Gasteiger partial charge in [-0.25, -0.2) is 13.8 Å². The molecule has 0 aliphatic heterocycles. The van der Waals surface area contributed by atoms with E-state index in [0.29, 0.717) is 5.56 Å². The molecule has 0 spiro atoms. The molecule has 1 N–H and O–H groups in total. The van der Waals surface area contributed by atoms with Crippen LogP contribution in [-0.2, 0) is 0 Å². The van der Waals surface area contributed by atoms with Crippen molar-refractivity contribution in [3.63, 3.8) is 0 Å². The molecule has 0 aliphatic carbocycles. The Bertz CT molecular complexity index is 642. The number of nitrogens with one attached hydrogen (secondary N) is 1. The first-order chi connectivity index (χ1) is 9.11. The monoisotopic (exact) mass is 259 g/mol. The maximum atomic E-state index is 13.4. The predicted octanol–water partition coefficient (Wildman–Crippen LogP) is 2.48. The van der Waals surface area contributed by atoms with E-state index in [4.69, 9.17) is 5.26 Å². The van der Waals surface area contributed by atoms with Gasteiger partial charge < -0.3 is 5.32 Å². The summed E-state index contributed by atoms with van der Waals surface area (Å²) in [7, 11) is 0. The molecular weight excluding hydrogens is 252 g/mol. The van der Waals surface area contributed by atoms with Crippen LogP contribution >= 0.6 is 0 Å². The minimum absolute atomic E-state index is 0.103. The molecule has 2 rings (SSSR count). The quantitative estimate of drug-likeness (QED) is 0.901. The highest BCUT2D eigenvalue weighted by atomic mass is 19.1. The van der Waals surface area contributed by atoms with Crippen LogP contribution in [-0.4, -0.2) is 10.9 Å². The Morgan fingerprint density at radius 2 is 1.89 bits per heavy atom. The van der Waals surface area contributed by atoms with Gasteiger partial charge in [-0.2, -0.15) is 5.26 Å². The lowest BCUT2D eigenvalue weighted by Crippen LogP contribution is -2.16. The zero-order chi connectivity index (χ0) is 13.8. The number of halogens is 2. The molecule has 2 aromatic rings. The molecule has 1 aromatic carbocycles. The molecule has 0 atom stereocenters. The largest absolute Gasteiger partial charge is 0.306 e. The van der Waals surface area contributed by atoms with E-state index in [1.165, 1.54) is 24.4 Å². The van der Waals surface area contributed by atoms with E-state index in [1.54, 1.807) is 0 Å². The number of carbonyl (C=O) groups is 1. The summed E-state index contributed by atoms with van der Waals surface area (Å²) >= 11 is 0. The number of hydrogen-bond donors (Lipinski definition) is 1. The number of hydrogen-bond acceptors (Lipinski definition) is 3. The van der Waals surface area contributed by atoms with Crippen molar-refractivity contribution >= 4 is 11.7 Å². The fourth-order valence-electron chi connectivity index (χ4n) is 1.43. The molecule has 19 heavy (non-hydrogen) atoms. The standard InChI is InChI=1S/C13H7F2N3O/c14-9-2-1-3-10(15)12(9)13(19)18-11-5-4-8(6-16)7-17-11/h1-5,7H,(H,17,18,19). The van der Waals surface area contributed by atoms with Crippen molar-refractivity contribution in [2.45, 2.75) is 0 Å². The molecule has 4 nitrogen and oxygen atoms in total. The predicted molar refractivity (Wildman–Crippen MR) is 63.3 cm³/mol. The van der Waals surface area contributed by atoms with Crippen molar-refractivity contribution in [1.29, 1.82) is 5.26 Å². The van der Waals surface area contributed by atoms with Crippen LogP contribution in [0.1, 0.15) is 15.9 Å². The maximum Gasteiger partial charge on any atom is 0.262 e. The normalized spacial score (nSPS) is 9.74. The van der Waals surface area contributed by atoms with Crippen LogP contribution in [0.15, 0.2) is 36.5 Å². The van der Waals surface area contributed by atoms with Crippen molar-refractivity contribution in [2.75, 3.05) is 5.32 Å². The molecule has 6 heteroatoms. The number of pyridine rings is 1. The van der Waals surface area contributed by atoms with E-state index in [9.17, 15) is 13.6 Å². The topological polar surface area (TPSA) is 65.8 Å². The van der Waals surface area contributed by atoms with Gasteiger partial charge in [-0.1, -0.05) is 6.07 Å². The molecule has 0 fully saturated rings. The summed E-state index contributed by atoms with van der Waals surface area (Å²) in [5, 5.41) is 10.8. The molecule has 1 aromatic heterocycles. The average molecular weight is 259 g/mol. The first-order valence-electron chi connectivity index (χ1n) is 5.23. The van der Waals surface area contributed by atoms with Gasteiger partial charge in [0.2, 0.25) is 0 Å². The van der Waals surface area contributed by atoms with Crippen LogP contribution in [0.5, 0.6) is 0 Å². The molecule has 94 valence electrons. The zero-order valence-corrected chi connectivity index (χ0v) is 9.52. The highest BCUT2D eigenvalue weighted by molar-refractivity contribution is 6.04. The van der Waals surface area contributed by atoms with E-state index in [0.717, 1.165) is 12.1 Å². The number of amides is 1. The number of aromatic nitrogens is 1. The average Bonchev–Trinajstić information content (AvgIpc) is 2.39. The van der Waals surface area contributed by atoms with Gasteiger partial charge in [0.15, 0.2) is 0 Å². The Morgan fingerprint density at radius 3 is 2.42 bits per heavy atom. The Kier molecular flexibility index (Phi) is 3.48. The van der Waals surface area contributed by atoms with Crippen LogP contribution < -0.4 is 5.32 Å². The fourth-order valence-corrected chi connectivity index (χ4v) is 1.43. The lowest BCUT2D eigenvalue weighted by Gasteiger charge is -2.06. The second-order valence-corrected chi connectivity index (χ2v) is 3.59. The van der Waals surface area contributed by atoms with Crippen LogP contribution in [0.25, 0.3) is 0 Å². The van der Waals surface area contributed by atoms with Gasteiger partial charge in [-0.3, -0.25) is 4.79 Å². The summed E-state index contributed by atoms with van der Waals surface area (Å²) < 4.78 is 26.7. The Balaban J connectivity index is 2.23. The summed E-state index contributed by atoms with van der Waals surface area (Å²) in [6.45, 7) is 0. The Morgan fingerprint density at radius 1 is 1.21 bits per heavy atom. The molecular formula is C13H7F2N3O. The van der Waals surface area contributed by atoms with Crippen molar-refractivity contribution in [3.05, 3.63) is 59.3 Å². The minimum atomic E-state index is -0.953. The molecule has 0 bridgehead atoms. The summed E-state index contributed by atoms with van der Waals surface area (Å²) in [4.78, 5) is 15.5. The second-order valence-electron chi connectivity index (χ2n) is 3.59. The number of nitrogens with zero attached hydrogens (tertiary/aromatic N) is 2. The molecule has 0 radical (unpaired) electrons. The van der Waals surface area contributed by atoms with Gasteiger partial charge in [0.05, 0.1) is 5.56 Å². The molecule has 0 saturated carbocycles. The van der Waals surface area contributed by atoms with E-state index in [2.05, 4.69) is 10.3 Å². The number of anilines is 1. The second kappa shape index (κ2) is 5.23. The highest BCUT2D eigenvalue weighted by Crippen LogP contribution is 2.14. The van der Waals surface area contributed by atoms with E-state index in [1.807, 2.05) is 6.07 Å². The van der Waals surface area contributed by atoms with Crippen molar-refractivity contribution in [2.24, 2.45) is 0 Å². The third kappa shape index (κ3) is 2.72. The van der Waals surface area contributed by atoms with Crippen LogP contribution in [0, 0.1) is 23.0 Å². The van der Waals surface area contributed by atoms with E-state index >= 15 is 0 Å². The number of nitriles is 1. The summed E-state index contributed by atoms with van der Waals surface area (Å²) in [6, 6.07) is 7.81. The fraction of sp³-hybridized carbons (Fsp3) is 0. The van der Waals surface area contributed by atoms with Crippen molar-refractivity contribution < 1.29 is 13.6 Å². The Labute approximate surface area is 107 Å². The van der Waals surface area contributed by atoms with Gasteiger partial charge >= 0.3 is 0 Å². The highest BCUT2D eigenvalue weighted by Gasteiger charge is 2.17. The smallest absolute Gasteiger partial charge is 0.262 e. The molecule has 0 unspecified atom stereocenters. The lowest BCUT2D eigenvalue weighted by atomic mass is 10.2. The third-order valence-electron chi connectivity index (χ3n) is 2.32.